The van der Waals surface area contributed by atoms with Gasteiger partial charge in [0.25, 0.3) is 0 Å². The molecule has 0 fully saturated rings. The molecule has 0 bridgehead atoms. The maximum absolute atomic E-state index is 5.24. The van der Waals surface area contributed by atoms with Crippen LogP contribution in [0.25, 0.3) is 0 Å². The molecule has 1 nitrogen and oxygen atoms in total. The van der Waals surface area contributed by atoms with Crippen LogP contribution in [0.4, 0.5) is 0 Å². The summed E-state index contributed by atoms with van der Waals surface area (Å²) in [6.07, 6.45) is 4.09. The predicted octanol–water partition coefficient (Wildman–Crippen LogP) is 7.31. The number of hydrogen-bond donors (Lipinski definition) is 0. The lowest BCUT2D eigenvalue weighted by atomic mass is 10.4. The van der Waals surface area contributed by atoms with Gasteiger partial charge < -0.3 is 0 Å². The van der Waals surface area contributed by atoms with Crippen LogP contribution in [0.3, 0.4) is 0 Å². The summed E-state index contributed by atoms with van der Waals surface area (Å²) >= 11 is 0. The number of aliphatic imine (C=N–C) groups is 1. The van der Waals surface area contributed by atoms with Gasteiger partial charge in [0.1, 0.15) is 0 Å². The van der Waals surface area contributed by atoms with Gasteiger partial charge in [0.05, 0.1) is 0 Å². The Morgan fingerprint density at radius 1 is 0.529 bits per heavy atom. The monoisotopic (exact) mass is 479 g/mol. The van der Waals surface area contributed by atoms with Crippen molar-refractivity contribution in [3.63, 3.8) is 0 Å². The van der Waals surface area contributed by atoms with Crippen LogP contribution in [-0.2, 0) is 0 Å². The van der Waals surface area contributed by atoms with Crippen LogP contribution in [0.5, 0.6) is 0 Å². The van der Waals surface area contributed by atoms with Crippen molar-refractivity contribution >= 4 is 42.5 Å². The van der Waals surface area contributed by atoms with E-state index >= 15 is 0 Å². The van der Waals surface area contributed by atoms with Gasteiger partial charge in [0, 0.05) is 19.6 Å². The van der Waals surface area contributed by atoms with E-state index in [9.17, 15) is 0 Å². The second-order valence-corrected chi connectivity index (χ2v) is 12.4. The average molecular weight is 480 g/mol. The van der Waals surface area contributed by atoms with Gasteiger partial charge in [-0.15, -0.1) is 0 Å². The first-order valence-electron chi connectivity index (χ1n) is 11.9. The quantitative estimate of drug-likeness (QED) is 0.176. The van der Waals surface area contributed by atoms with Crippen molar-refractivity contribution in [1.82, 2.24) is 0 Å². The zero-order valence-corrected chi connectivity index (χ0v) is 21.7. The first-order chi connectivity index (χ1) is 16.8. The van der Waals surface area contributed by atoms with Gasteiger partial charge in [-0.05, 0) is 47.3 Å². The maximum atomic E-state index is 5.24. The van der Waals surface area contributed by atoms with E-state index in [0.717, 1.165) is 12.8 Å². The zero-order chi connectivity index (χ0) is 23.6. The Bertz CT molecular complexity index is 1030. The fourth-order valence-electron chi connectivity index (χ4n) is 4.00. The highest BCUT2D eigenvalue weighted by molar-refractivity contribution is 7.88. The highest BCUT2D eigenvalue weighted by atomic mass is 31.1. The molecular weight excluding hydrogens is 448 g/mol. The largest absolute Gasteiger partial charge is 0.260 e. The van der Waals surface area contributed by atoms with Gasteiger partial charge in [0.2, 0.25) is 0 Å². The summed E-state index contributed by atoms with van der Waals surface area (Å²) in [4.78, 5) is 5.24. The van der Waals surface area contributed by atoms with E-state index in [1.807, 2.05) is 0 Å². The topological polar surface area (TPSA) is 12.4 Å². The number of nitrogens with zero attached hydrogens (tertiary/aromatic N) is 1. The molecule has 0 atom stereocenters. The minimum atomic E-state index is -0.665. The van der Waals surface area contributed by atoms with E-state index in [1.54, 1.807) is 0 Å². The summed E-state index contributed by atoms with van der Waals surface area (Å²) in [5.41, 5.74) is 1.26. The van der Waals surface area contributed by atoms with Crippen molar-refractivity contribution in [3.05, 3.63) is 133 Å². The minimum absolute atomic E-state index is 0.617. The molecule has 4 rings (SSSR count). The van der Waals surface area contributed by atoms with Crippen molar-refractivity contribution < 1.29 is 0 Å². The molecule has 0 heterocycles. The number of hydrogen-bond acceptors (Lipinski definition) is 1. The van der Waals surface area contributed by atoms with Crippen LogP contribution < -0.4 is 21.2 Å². The molecule has 4 aromatic rings. The Kier molecular flexibility index (Phi) is 8.97. The second kappa shape index (κ2) is 12.6. The molecule has 0 aliphatic carbocycles. The molecule has 0 aliphatic heterocycles. The third-order valence-electron chi connectivity index (χ3n) is 5.64. The number of rotatable bonds is 9. The van der Waals surface area contributed by atoms with E-state index in [-0.39, 0.29) is 0 Å². The molecule has 34 heavy (non-hydrogen) atoms. The molecule has 0 radical (unpaired) electrons. The van der Waals surface area contributed by atoms with Gasteiger partial charge in [-0.25, -0.2) is 0 Å². The van der Waals surface area contributed by atoms with E-state index in [1.165, 1.54) is 32.0 Å². The van der Waals surface area contributed by atoms with Crippen LogP contribution in [0.2, 0.25) is 0 Å². The van der Waals surface area contributed by atoms with E-state index in [4.69, 9.17) is 4.99 Å². The molecule has 0 saturated carbocycles. The Hall–Kier alpha value is -2.85. The predicted molar refractivity (Wildman–Crippen MR) is 154 cm³/mol. The smallest absolute Gasteiger partial charge is 0.0495 e. The second-order valence-electron chi connectivity index (χ2n) is 7.89. The molecule has 3 heteroatoms. The van der Waals surface area contributed by atoms with Crippen LogP contribution in [0, 0.1) is 0 Å². The normalized spacial score (nSPS) is 12.4. The Balaban J connectivity index is 1.80. The molecule has 0 aromatic heterocycles. The summed E-state index contributed by atoms with van der Waals surface area (Å²) in [5, 5.41) is 6.85. The summed E-state index contributed by atoms with van der Waals surface area (Å²) < 4.78 is 0. The molecule has 0 unspecified atom stereocenters. The number of benzene rings is 4. The lowest BCUT2D eigenvalue weighted by molar-refractivity contribution is 1.18. The fourth-order valence-corrected chi connectivity index (χ4v) is 8.72. The molecule has 0 aliphatic rings. The lowest BCUT2D eigenvalue weighted by Crippen LogP contribution is -2.17. The molecule has 0 N–H and O–H groups in total. The van der Waals surface area contributed by atoms with Crippen molar-refractivity contribution in [1.29, 1.82) is 0 Å². The molecule has 0 amide bonds. The Morgan fingerprint density at radius 3 is 1.21 bits per heavy atom. The first kappa shape index (κ1) is 24.3. The van der Waals surface area contributed by atoms with E-state index in [2.05, 4.69) is 141 Å². The van der Waals surface area contributed by atoms with Gasteiger partial charge in [0.15, 0.2) is 0 Å². The standard InChI is InChI=1S/C31H31NP2/c1-3-26(33(27-17-9-5-10-18-27)28-19-11-6-12-20-28)25-32-31(4-2)34(29-21-13-7-14-22-29)30-23-15-8-16-24-30/h5-25H,3-4H2,1-2H3/b26-25-,32-31-. The van der Waals surface area contributed by atoms with Gasteiger partial charge in [-0.2, -0.15) is 0 Å². The molecule has 170 valence electrons. The van der Waals surface area contributed by atoms with Gasteiger partial charge in [-0.1, -0.05) is 135 Å². The summed E-state index contributed by atoms with van der Waals surface area (Å²) in [5.74, 6) is 0. The van der Waals surface area contributed by atoms with E-state index in [0.29, 0.717) is 0 Å². The molecule has 4 aromatic carbocycles. The van der Waals surface area contributed by atoms with E-state index < -0.39 is 15.8 Å². The van der Waals surface area contributed by atoms with Crippen molar-refractivity contribution in [3.8, 4) is 0 Å². The zero-order valence-electron chi connectivity index (χ0n) is 19.9. The first-order valence-corrected chi connectivity index (χ1v) is 14.6. The fraction of sp³-hybridized carbons (Fsp3) is 0.129. The Morgan fingerprint density at radius 2 is 0.882 bits per heavy atom. The summed E-state index contributed by atoms with van der Waals surface area (Å²) in [6.45, 7) is 4.49. The van der Waals surface area contributed by atoms with Crippen molar-refractivity contribution in [2.24, 2.45) is 4.99 Å². The Labute approximate surface area is 206 Å². The highest BCUT2D eigenvalue weighted by Gasteiger charge is 2.20. The third-order valence-corrected chi connectivity index (χ3v) is 10.9. The minimum Gasteiger partial charge on any atom is -0.260 e. The maximum Gasteiger partial charge on any atom is 0.0495 e. The van der Waals surface area contributed by atoms with Crippen LogP contribution in [0.1, 0.15) is 26.7 Å². The van der Waals surface area contributed by atoms with Crippen LogP contribution >= 0.6 is 15.8 Å². The van der Waals surface area contributed by atoms with Crippen molar-refractivity contribution in [2.45, 2.75) is 26.7 Å². The van der Waals surface area contributed by atoms with Gasteiger partial charge in [-0.3, -0.25) is 4.99 Å². The summed E-state index contributed by atoms with van der Waals surface area (Å²) in [6, 6.07) is 43.5. The number of allylic oxidation sites excluding steroid dienone is 1. The van der Waals surface area contributed by atoms with Gasteiger partial charge >= 0.3 is 0 Å². The third kappa shape index (κ3) is 5.98. The summed E-state index contributed by atoms with van der Waals surface area (Å²) in [7, 11) is -1.28. The molecule has 0 spiro atoms. The highest BCUT2D eigenvalue weighted by Crippen LogP contribution is 2.45. The SMILES string of the molecule is CC/C(=C/N=C(/CC)P(c1ccccc1)c1ccccc1)P(c1ccccc1)c1ccccc1. The average Bonchev–Trinajstić information content (AvgIpc) is 2.92. The van der Waals surface area contributed by atoms with Crippen molar-refractivity contribution in [2.75, 3.05) is 0 Å². The van der Waals surface area contributed by atoms with Crippen LogP contribution in [-0.4, -0.2) is 5.45 Å². The van der Waals surface area contributed by atoms with Crippen LogP contribution in [0.15, 0.2) is 138 Å². The molecule has 0 saturated heterocycles. The lowest BCUT2D eigenvalue weighted by Gasteiger charge is -2.22. The molecular formula is C31H31NP2.